The fraction of sp³-hybridized carbons (Fsp3) is 0.276. The van der Waals surface area contributed by atoms with Crippen molar-refractivity contribution in [3.8, 4) is 0 Å². The second kappa shape index (κ2) is 12.0. The van der Waals surface area contributed by atoms with Crippen LogP contribution in [0.1, 0.15) is 29.5 Å². The topological polar surface area (TPSA) is 77.0 Å². The van der Waals surface area contributed by atoms with E-state index in [0.717, 1.165) is 29.1 Å². The van der Waals surface area contributed by atoms with Gasteiger partial charge in [-0.3, -0.25) is 9.78 Å². The lowest BCUT2D eigenvalue weighted by molar-refractivity contribution is -0.137. The minimum Gasteiger partial charge on any atom is -0.465 e. The average Bonchev–Trinajstić information content (AvgIpc) is 2.95. The number of aromatic nitrogens is 1. The molecular weight excluding hydrogens is 509 g/mol. The van der Waals surface area contributed by atoms with Crippen molar-refractivity contribution in [1.82, 2.24) is 14.8 Å². The highest BCUT2D eigenvalue weighted by molar-refractivity contribution is 5.92. The van der Waals surface area contributed by atoms with Crippen molar-refractivity contribution < 1.29 is 27.9 Å². The predicted molar refractivity (Wildman–Crippen MR) is 142 cm³/mol. The Morgan fingerprint density at radius 1 is 1.03 bits per heavy atom. The maximum Gasteiger partial charge on any atom is 0.416 e. The van der Waals surface area contributed by atoms with Gasteiger partial charge in [0.15, 0.2) is 0 Å². The van der Waals surface area contributed by atoms with Crippen molar-refractivity contribution in [3.63, 3.8) is 0 Å². The van der Waals surface area contributed by atoms with Crippen molar-refractivity contribution in [2.75, 3.05) is 25.0 Å². The quantitative estimate of drug-likeness (QED) is 0.371. The van der Waals surface area contributed by atoms with Crippen molar-refractivity contribution >= 4 is 29.5 Å². The Morgan fingerprint density at radius 2 is 1.67 bits per heavy atom. The van der Waals surface area contributed by atoms with Crippen LogP contribution in [0.2, 0.25) is 0 Å². The molecule has 1 aliphatic rings. The molecule has 2 aromatic carbocycles. The fourth-order valence-electron chi connectivity index (χ4n) is 4.55. The van der Waals surface area contributed by atoms with Gasteiger partial charge in [-0.05, 0) is 66.4 Å². The lowest BCUT2D eigenvalue weighted by Crippen LogP contribution is -2.50. The molecule has 10 heteroatoms. The normalized spacial score (nSPS) is 15.8. The molecule has 0 unspecified atom stereocenters. The summed E-state index contributed by atoms with van der Waals surface area (Å²) in [6, 6.07) is 15.7. The van der Waals surface area contributed by atoms with E-state index in [9.17, 15) is 27.9 Å². The smallest absolute Gasteiger partial charge is 0.416 e. The number of alkyl halides is 3. The van der Waals surface area contributed by atoms with E-state index in [-0.39, 0.29) is 25.0 Å². The number of likely N-dealkylation sites (tertiary alicyclic amines) is 1. The second-order valence-electron chi connectivity index (χ2n) is 9.37. The highest BCUT2D eigenvalue weighted by Crippen LogP contribution is 2.29. The molecule has 0 aliphatic carbocycles. The first-order valence-corrected chi connectivity index (χ1v) is 12.5. The van der Waals surface area contributed by atoms with E-state index in [1.54, 1.807) is 17.3 Å². The Labute approximate surface area is 224 Å². The summed E-state index contributed by atoms with van der Waals surface area (Å²) in [4.78, 5) is 33.9. The highest BCUT2D eigenvalue weighted by Gasteiger charge is 2.31. The second-order valence-corrected chi connectivity index (χ2v) is 9.37. The number of carbonyl (C=O) groups excluding carboxylic acids is 1. The van der Waals surface area contributed by atoms with E-state index in [2.05, 4.69) is 4.98 Å². The molecule has 0 spiro atoms. The van der Waals surface area contributed by atoms with Crippen molar-refractivity contribution in [1.29, 1.82) is 0 Å². The van der Waals surface area contributed by atoms with Crippen LogP contribution < -0.4 is 4.90 Å². The molecule has 7 nitrogen and oxygen atoms in total. The molecule has 1 aromatic heterocycles. The molecule has 0 bridgehead atoms. The SMILES string of the molecule is CN(c1ccncc1)c1ccc(CN(C(=O)/C=C/c2ccc(C(F)(F)F)cc2)[C@H]2CCCN(C(=O)O)C2)cc1. The van der Waals surface area contributed by atoms with Crippen LogP contribution in [0.4, 0.5) is 29.3 Å². The summed E-state index contributed by atoms with van der Waals surface area (Å²) < 4.78 is 38.6. The third kappa shape index (κ3) is 7.16. The number of pyridine rings is 1. The summed E-state index contributed by atoms with van der Waals surface area (Å²) in [6.45, 7) is 0.858. The molecule has 4 rings (SSSR count). The number of benzene rings is 2. The van der Waals surface area contributed by atoms with Gasteiger partial charge >= 0.3 is 12.3 Å². The zero-order chi connectivity index (χ0) is 28.0. The van der Waals surface area contributed by atoms with Gasteiger partial charge in [0.1, 0.15) is 0 Å². The van der Waals surface area contributed by atoms with Gasteiger partial charge in [-0.2, -0.15) is 13.2 Å². The maximum absolute atomic E-state index is 13.4. The summed E-state index contributed by atoms with van der Waals surface area (Å²) in [5.41, 5.74) is 2.47. The third-order valence-electron chi connectivity index (χ3n) is 6.77. The molecule has 3 aromatic rings. The van der Waals surface area contributed by atoms with E-state index in [0.29, 0.717) is 24.9 Å². The first-order valence-electron chi connectivity index (χ1n) is 12.5. The van der Waals surface area contributed by atoms with Gasteiger partial charge in [-0.15, -0.1) is 0 Å². The molecular formula is C29H29F3N4O3. The third-order valence-corrected chi connectivity index (χ3v) is 6.77. The van der Waals surface area contributed by atoms with Crippen LogP contribution >= 0.6 is 0 Å². The molecule has 39 heavy (non-hydrogen) atoms. The van der Waals surface area contributed by atoms with E-state index in [1.807, 2.05) is 48.3 Å². The average molecular weight is 539 g/mol. The van der Waals surface area contributed by atoms with Gasteiger partial charge in [-0.25, -0.2) is 4.79 Å². The van der Waals surface area contributed by atoms with Crippen molar-refractivity contribution in [2.24, 2.45) is 0 Å². The Morgan fingerprint density at radius 3 is 2.28 bits per heavy atom. The van der Waals surface area contributed by atoms with Crippen LogP contribution in [-0.4, -0.2) is 58.1 Å². The number of carbonyl (C=O) groups is 2. The highest BCUT2D eigenvalue weighted by atomic mass is 19.4. The summed E-state index contributed by atoms with van der Waals surface area (Å²) >= 11 is 0. The lowest BCUT2D eigenvalue weighted by Gasteiger charge is -2.38. The van der Waals surface area contributed by atoms with Crippen molar-refractivity contribution in [2.45, 2.75) is 31.6 Å². The van der Waals surface area contributed by atoms with Gasteiger partial charge in [-0.1, -0.05) is 24.3 Å². The molecule has 2 heterocycles. The number of hydrogen-bond acceptors (Lipinski definition) is 4. The number of piperidine rings is 1. The number of nitrogens with zero attached hydrogens (tertiary/aromatic N) is 4. The summed E-state index contributed by atoms with van der Waals surface area (Å²) in [7, 11) is 1.94. The number of amides is 2. The van der Waals surface area contributed by atoms with Crippen molar-refractivity contribution in [3.05, 3.63) is 95.8 Å². The van der Waals surface area contributed by atoms with Gasteiger partial charge in [0, 0.05) is 56.5 Å². The Kier molecular flexibility index (Phi) is 8.53. The lowest BCUT2D eigenvalue weighted by atomic mass is 10.0. The fourth-order valence-corrected chi connectivity index (χ4v) is 4.55. The van der Waals surface area contributed by atoms with Crippen LogP contribution in [0, 0.1) is 0 Å². The number of anilines is 2. The standard InChI is InChI=1S/C29H29F3N4O3/c1-34(25-14-16-33-17-15-25)24-11-6-22(7-12-24)19-36(26-3-2-18-35(20-26)28(38)39)27(37)13-8-21-4-9-23(10-5-21)29(30,31)32/h4-17,26H,2-3,18-20H2,1H3,(H,38,39)/b13-8+/t26-/m0/s1. The Bertz CT molecular complexity index is 1300. The number of halogens is 3. The van der Waals surface area contributed by atoms with E-state index in [1.165, 1.54) is 29.2 Å². The predicted octanol–water partition coefficient (Wildman–Crippen LogP) is 6.05. The van der Waals surface area contributed by atoms with E-state index in [4.69, 9.17) is 0 Å². The molecule has 1 fully saturated rings. The maximum atomic E-state index is 13.4. The van der Waals surface area contributed by atoms with Gasteiger partial charge < -0.3 is 19.8 Å². The molecule has 1 saturated heterocycles. The van der Waals surface area contributed by atoms with Gasteiger partial charge in [0.2, 0.25) is 5.91 Å². The van der Waals surface area contributed by atoms with Crippen LogP contribution in [0.3, 0.4) is 0 Å². The van der Waals surface area contributed by atoms with Crippen LogP contribution in [-0.2, 0) is 17.5 Å². The molecule has 204 valence electrons. The Balaban J connectivity index is 1.53. The molecule has 1 N–H and O–H groups in total. The minimum atomic E-state index is -4.44. The summed E-state index contributed by atoms with van der Waals surface area (Å²) in [5.74, 6) is -0.342. The first kappa shape index (κ1) is 27.7. The summed E-state index contributed by atoms with van der Waals surface area (Å²) in [6.07, 6.45) is 2.03. The molecule has 0 radical (unpaired) electrons. The summed E-state index contributed by atoms with van der Waals surface area (Å²) in [5, 5.41) is 9.49. The van der Waals surface area contributed by atoms with E-state index < -0.39 is 17.8 Å². The zero-order valence-corrected chi connectivity index (χ0v) is 21.4. The molecule has 2 amide bonds. The van der Waals surface area contributed by atoms with Gasteiger partial charge in [0.05, 0.1) is 11.6 Å². The monoisotopic (exact) mass is 538 g/mol. The van der Waals surface area contributed by atoms with Crippen LogP contribution in [0.25, 0.3) is 6.08 Å². The van der Waals surface area contributed by atoms with E-state index >= 15 is 0 Å². The minimum absolute atomic E-state index is 0.193. The zero-order valence-electron chi connectivity index (χ0n) is 21.4. The molecule has 1 aliphatic heterocycles. The number of hydrogen-bond donors (Lipinski definition) is 1. The Hall–Kier alpha value is -4.34. The number of rotatable bonds is 7. The first-order chi connectivity index (χ1) is 18.6. The molecule has 1 atom stereocenters. The van der Waals surface area contributed by atoms with Gasteiger partial charge in [0.25, 0.3) is 0 Å². The van der Waals surface area contributed by atoms with Crippen LogP contribution in [0.15, 0.2) is 79.1 Å². The van der Waals surface area contributed by atoms with Crippen LogP contribution in [0.5, 0.6) is 0 Å². The molecule has 0 saturated carbocycles. The largest absolute Gasteiger partial charge is 0.465 e. The number of carboxylic acid groups (broad SMARTS) is 1.